The van der Waals surface area contributed by atoms with Gasteiger partial charge in [0, 0.05) is 17.1 Å². The molecular formula is C12H10BrNO2S2. The van der Waals surface area contributed by atoms with Gasteiger partial charge >= 0.3 is 0 Å². The van der Waals surface area contributed by atoms with E-state index < -0.39 is 0 Å². The Morgan fingerprint density at radius 3 is 2.78 bits per heavy atom. The maximum atomic E-state index is 11.9. The minimum absolute atomic E-state index is 0.0768. The average molecular weight is 344 g/mol. The number of likely N-dealkylation sites (N-methyl/N-ethyl adjacent to an activating group) is 1. The number of halogens is 1. The minimum Gasteiger partial charge on any atom is -0.496 e. The molecule has 0 atom stereocenters. The van der Waals surface area contributed by atoms with Crippen LogP contribution in [0.3, 0.4) is 0 Å². The molecule has 0 N–H and O–H groups in total. The smallest absolute Gasteiger partial charge is 0.265 e. The minimum atomic E-state index is -0.0768. The highest BCUT2D eigenvalue weighted by Crippen LogP contribution is 2.34. The SMILES string of the molecule is COc1ccc(Br)cc1/C=C1/SC(=S)N(C)C1=O. The number of nitrogens with zero attached hydrogens (tertiary/aromatic N) is 1. The van der Waals surface area contributed by atoms with E-state index >= 15 is 0 Å². The lowest BCUT2D eigenvalue weighted by molar-refractivity contribution is -0.121. The molecule has 1 aromatic carbocycles. The number of hydrogen-bond acceptors (Lipinski definition) is 4. The van der Waals surface area contributed by atoms with Crippen LogP contribution in [-0.4, -0.2) is 29.3 Å². The fourth-order valence-corrected chi connectivity index (χ4v) is 3.05. The van der Waals surface area contributed by atoms with E-state index in [4.69, 9.17) is 17.0 Å². The molecule has 0 aromatic heterocycles. The summed E-state index contributed by atoms with van der Waals surface area (Å²) in [6.45, 7) is 0. The first-order chi connectivity index (χ1) is 8.52. The van der Waals surface area contributed by atoms with Gasteiger partial charge in [-0.1, -0.05) is 39.9 Å². The first-order valence-corrected chi connectivity index (χ1v) is 7.10. The normalized spacial score (nSPS) is 17.7. The summed E-state index contributed by atoms with van der Waals surface area (Å²) in [6, 6.07) is 5.64. The second kappa shape index (κ2) is 5.42. The van der Waals surface area contributed by atoms with Crippen molar-refractivity contribution in [1.82, 2.24) is 4.90 Å². The predicted molar refractivity (Wildman–Crippen MR) is 81.6 cm³/mol. The van der Waals surface area contributed by atoms with Crippen LogP contribution >= 0.6 is 39.9 Å². The van der Waals surface area contributed by atoms with Gasteiger partial charge in [0.1, 0.15) is 10.1 Å². The summed E-state index contributed by atoms with van der Waals surface area (Å²) in [4.78, 5) is 14.0. The third-order valence-electron chi connectivity index (χ3n) is 2.46. The number of amides is 1. The Labute approximate surface area is 123 Å². The van der Waals surface area contributed by atoms with E-state index in [0.717, 1.165) is 15.8 Å². The maximum Gasteiger partial charge on any atom is 0.265 e. The molecule has 1 amide bonds. The Kier molecular flexibility index (Phi) is 4.09. The number of thioether (sulfide) groups is 1. The molecule has 6 heteroatoms. The van der Waals surface area contributed by atoms with Crippen LogP contribution in [0, 0.1) is 0 Å². The van der Waals surface area contributed by atoms with Crippen LogP contribution in [0.4, 0.5) is 0 Å². The van der Waals surface area contributed by atoms with Crippen LogP contribution in [0.2, 0.25) is 0 Å². The van der Waals surface area contributed by atoms with E-state index in [-0.39, 0.29) is 5.91 Å². The van der Waals surface area contributed by atoms with Gasteiger partial charge in [-0.05, 0) is 24.3 Å². The highest BCUT2D eigenvalue weighted by atomic mass is 79.9. The predicted octanol–water partition coefficient (Wildman–Crippen LogP) is 3.29. The number of methoxy groups -OCH3 is 1. The number of carbonyl (C=O) groups is 1. The molecule has 1 aliphatic heterocycles. The van der Waals surface area contributed by atoms with E-state index in [0.29, 0.717) is 9.23 Å². The number of thiocarbonyl (C=S) groups is 1. The quantitative estimate of drug-likeness (QED) is 0.608. The summed E-state index contributed by atoms with van der Waals surface area (Å²) in [5, 5.41) is 0. The van der Waals surface area contributed by atoms with Crippen LogP contribution in [0.5, 0.6) is 5.75 Å². The molecule has 0 saturated carbocycles. The van der Waals surface area contributed by atoms with Crippen molar-refractivity contribution >= 4 is 56.2 Å². The first kappa shape index (κ1) is 13.6. The van der Waals surface area contributed by atoms with Crippen molar-refractivity contribution in [3.05, 3.63) is 33.1 Å². The second-order valence-corrected chi connectivity index (χ2v) is 6.22. The summed E-state index contributed by atoms with van der Waals surface area (Å²) in [5.74, 6) is 0.645. The fourth-order valence-electron chi connectivity index (χ4n) is 1.50. The van der Waals surface area contributed by atoms with E-state index in [1.807, 2.05) is 18.2 Å². The van der Waals surface area contributed by atoms with E-state index in [1.54, 1.807) is 20.2 Å². The molecule has 0 bridgehead atoms. The third-order valence-corrected chi connectivity index (χ3v) is 4.44. The zero-order valence-corrected chi connectivity index (χ0v) is 13.0. The van der Waals surface area contributed by atoms with Gasteiger partial charge in [0.2, 0.25) is 0 Å². The highest BCUT2D eigenvalue weighted by Gasteiger charge is 2.28. The average Bonchev–Trinajstić information content (AvgIpc) is 2.57. The fraction of sp³-hybridized carbons (Fsp3) is 0.167. The number of rotatable bonds is 2. The largest absolute Gasteiger partial charge is 0.496 e. The molecule has 1 aliphatic rings. The Bertz CT molecular complexity index is 557. The van der Waals surface area contributed by atoms with Crippen LogP contribution < -0.4 is 4.74 Å². The van der Waals surface area contributed by atoms with Crippen LogP contribution in [-0.2, 0) is 4.79 Å². The Morgan fingerprint density at radius 1 is 1.50 bits per heavy atom. The molecular weight excluding hydrogens is 334 g/mol. The van der Waals surface area contributed by atoms with Crippen molar-refractivity contribution in [2.75, 3.05) is 14.2 Å². The first-order valence-electron chi connectivity index (χ1n) is 5.08. The molecule has 1 aromatic rings. The Hall–Kier alpha value is -0.850. The molecule has 18 heavy (non-hydrogen) atoms. The van der Waals surface area contributed by atoms with E-state index in [1.165, 1.54) is 16.7 Å². The van der Waals surface area contributed by atoms with Crippen molar-refractivity contribution < 1.29 is 9.53 Å². The molecule has 94 valence electrons. The zero-order valence-electron chi connectivity index (χ0n) is 9.77. The van der Waals surface area contributed by atoms with Gasteiger partial charge < -0.3 is 4.74 Å². The Balaban J connectivity index is 2.42. The summed E-state index contributed by atoms with van der Waals surface area (Å²) in [6.07, 6.45) is 1.80. The third kappa shape index (κ3) is 2.60. The molecule has 3 nitrogen and oxygen atoms in total. The van der Waals surface area contributed by atoms with Gasteiger partial charge in [-0.15, -0.1) is 0 Å². The van der Waals surface area contributed by atoms with Crippen LogP contribution in [0.15, 0.2) is 27.6 Å². The molecule has 0 radical (unpaired) electrons. The molecule has 1 saturated heterocycles. The Morgan fingerprint density at radius 2 is 2.22 bits per heavy atom. The van der Waals surface area contributed by atoms with Gasteiger partial charge in [0.25, 0.3) is 5.91 Å². The zero-order chi connectivity index (χ0) is 13.3. The summed E-state index contributed by atoms with van der Waals surface area (Å²) in [5.41, 5.74) is 0.848. The summed E-state index contributed by atoms with van der Waals surface area (Å²) >= 11 is 9.79. The lowest BCUT2D eigenvalue weighted by atomic mass is 10.2. The number of carbonyl (C=O) groups excluding carboxylic acids is 1. The van der Waals surface area contributed by atoms with Crippen molar-refractivity contribution in [3.8, 4) is 5.75 Å². The number of hydrogen-bond donors (Lipinski definition) is 0. The van der Waals surface area contributed by atoms with Crippen LogP contribution in [0.1, 0.15) is 5.56 Å². The monoisotopic (exact) mass is 343 g/mol. The second-order valence-electron chi connectivity index (χ2n) is 3.63. The molecule has 1 fully saturated rings. The topological polar surface area (TPSA) is 29.5 Å². The van der Waals surface area contributed by atoms with Gasteiger partial charge in [-0.25, -0.2) is 0 Å². The summed E-state index contributed by atoms with van der Waals surface area (Å²) in [7, 11) is 3.28. The van der Waals surface area contributed by atoms with Crippen molar-refractivity contribution in [2.45, 2.75) is 0 Å². The van der Waals surface area contributed by atoms with Crippen molar-refractivity contribution in [3.63, 3.8) is 0 Å². The standard InChI is InChI=1S/C12H10BrNO2S2/c1-14-11(15)10(18-12(14)17)6-7-5-8(13)3-4-9(7)16-2/h3-6H,1-2H3/b10-6+. The molecule has 0 aliphatic carbocycles. The number of benzene rings is 1. The van der Waals surface area contributed by atoms with Gasteiger partial charge in [0.05, 0.1) is 12.0 Å². The van der Waals surface area contributed by atoms with E-state index in [9.17, 15) is 4.79 Å². The molecule has 2 rings (SSSR count). The lowest BCUT2D eigenvalue weighted by Crippen LogP contribution is -2.22. The number of ether oxygens (including phenoxy) is 1. The summed E-state index contributed by atoms with van der Waals surface area (Å²) < 4.78 is 6.77. The molecule has 1 heterocycles. The van der Waals surface area contributed by atoms with Crippen LogP contribution in [0.25, 0.3) is 6.08 Å². The van der Waals surface area contributed by atoms with Gasteiger partial charge in [0.15, 0.2) is 0 Å². The van der Waals surface area contributed by atoms with Gasteiger partial charge in [-0.3, -0.25) is 9.69 Å². The maximum absolute atomic E-state index is 11.9. The highest BCUT2D eigenvalue weighted by molar-refractivity contribution is 9.10. The van der Waals surface area contributed by atoms with Gasteiger partial charge in [-0.2, -0.15) is 0 Å². The van der Waals surface area contributed by atoms with Crippen molar-refractivity contribution in [2.24, 2.45) is 0 Å². The van der Waals surface area contributed by atoms with Crippen molar-refractivity contribution in [1.29, 1.82) is 0 Å². The molecule has 0 unspecified atom stereocenters. The van der Waals surface area contributed by atoms with E-state index in [2.05, 4.69) is 15.9 Å². The lowest BCUT2D eigenvalue weighted by Gasteiger charge is -2.06. The molecule has 0 spiro atoms.